The second kappa shape index (κ2) is 10.6. The molecule has 2 aromatic carbocycles. The first-order chi connectivity index (χ1) is 14.8. The SMILES string of the molecule is Cn1c(CSCC(=O)Nc2ccccc2)nnc1SCc1ccc(OC(F)(F)F)cc1. The zero-order valence-corrected chi connectivity index (χ0v) is 18.1. The number of carbonyl (C=O) groups is 1. The Morgan fingerprint density at radius 3 is 2.45 bits per heavy atom. The summed E-state index contributed by atoms with van der Waals surface area (Å²) < 4.78 is 42.4. The Labute approximate surface area is 185 Å². The molecule has 0 saturated heterocycles. The van der Waals surface area contributed by atoms with E-state index in [0.717, 1.165) is 17.1 Å². The van der Waals surface area contributed by atoms with E-state index in [2.05, 4.69) is 20.3 Å². The quantitative estimate of drug-likeness (QED) is 0.452. The molecule has 6 nitrogen and oxygen atoms in total. The highest BCUT2D eigenvalue weighted by molar-refractivity contribution is 7.99. The maximum absolute atomic E-state index is 12.2. The Kier molecular flexibility index (Phi) is 7.85. The van der Waals surface area contributed by atoms with E-state index in [0.29, 0.717) is 16.7 Å². The number of amides is 1. The third kappa shape index (κ3) is 7.51. The van der Waals surface area contributed by atoms with Crippen molar-refractivity contribution in [2.45, 2.75) is 23.0 Å². The monoisotopic (exact) mass is 468 g/mol. The van der Waals surface area contributed by atoms with Crippen LogP contribution in [0, 0.1) is 0 Å². The topological polar surface area (TPSA) is 69.0 Å². The number of aromatic nitrogens is 3. The van der Waals surface area contributed by atoms with Gasteiger partial charge < -0.3 is 14.6 Å². The third-order valence-corrected chi connectivity index (χ3v) is 5.99. The number of nitrogens with one attached hydrogen (secondary N) is 1. The minimum absolute atomic E-state index is 0.0917. The standard InChI is InChI=1S/C20H19F3N4O2S2/c1-27-17(12-30-13-18(28)24-15-5-3-2-4-6-15)25-26-19(27)31-11-14-7-9-16(10-8-14)29-20(21,22)23/h2-10H,11-13H2,1H3,(H,24,28). The highest BCUT2D eigenvalue weighted by Crippen LogP contribution is 2.26. The minimum Gasteiger partial charge on any atom is -0.406 e. The summed E-state index contributed by atoms with van der Waals surface area (Å²) in [7, 11) is 1.84. The zero-order chi connectivity index (χ0) is 22.3. The first-order valence-electron chi connectivity index (χ1n) is 9.08. The van der Waals surface area contributed by atoms with Gasteiger partial charge in [-0.3, -0.25) is 4.79 Å². The molecule has 0 unspecified atom stereocenters. The van der Waals surface area contributed by atoms with Crippen molar-refractivity contribution < 1.29 is 22.7 Å². The molecule has 0 aliphatic rings. The molecule has 1 heterocycles. The van der Waals surface area contributed by atoms with Gasteiger partial charge in [0.05, 0.1) is 11.5 Å². The molecule has 1 amide bonds. The van der Waals surface area contributed by atoms with Crippen LogP contribution in [0.5, 0.6) is 5.75 Å². The number of hydrogen-bond donors (Lipinski definition) is 1. The number of thioether (sulfide) groups is 2. The summed E-state index contributed by atoms with van der Waals surface area (Å²) in [6.45, 7) is 0. The minimum atomic E-state index is -4.70. The maximum Gasteiger partial charge on any atom is 0.573 e. The van der Waals surface area contributed by atoms with Crippen molar-refractivity contribution in [1.82, 2.24) is 14.8 Å². The lowest BCUT2D eigenvalue weighted by Gasteiger charge is -2.09. The number of alkyl halides is 3. The number of benzene rings is 2. The summed E-state index contributed by atoms with van der Waals surface area (Å²) in [6, 6.07) is 14.9. The molecule has 0 saturated carbocycles. The lowest BCUT2D eigenvalue weighted by Crippen LogP contribution is -2.16. The molecule has 0 bridgehead atoms. The Hall–Kier alpha value is -2.66. The van der Waals surface area contributed by atoms with Crippen LogP contribution in [0.2, 0.25) is 0 Å². The molecule has 0 spiro atoms. The van der Waals surface area contributed by atoms with Crippen LogP contribution < -0.4 is 10.1 Å². The van der Waals surface area contributed by atoms with Crippen LogP contribution in [0.25, 0.3) is 0 Å². The summed E-state index contributed by atoms with van der Waals surface area (Å²) >= 11 is 2.85. The number of para-hydroxylation sites is 1. The van der Waals surface area contributed by atoms with Gasteiger partial charge in [-0.1, -0.05) is 42.1 Å². The first kappa shape index (κ1) is 23.0. The van der Waals surface area contributed by atoms with Crippen LogP contribution in [0.1, 0.15) is 11.4 Å². The van der Waals surface area contributed by atoms with Gasteiger partial charge in [0.25, 0.3) is 0 Å². The van der Waals surface area contributed by atoms with E-state index in [1.54, 1.807) is 12.1 Å². The lowest BCUT2D eigenvalue weighted by molar-refractivity contribution is -0.274. The molecule has 3 rings (SSSR count). The molecule has 0 aliphatic heterocycles. The van der Waals surface area contributed by atoms with Crippen molar-refractivity contribution in [3.8, 4) is 5.75 Å². The largest absolute Gasteiger partial charge is 0.573 e. The molecule has 0 aliphatic carbocycles. The summed E-state index contributed by atoms with van der Waals surface area (Å²) in [5.41, 5.74) is 1.58. The normalized spacial score (nSPS) is 11.4. The van der Waals surface area contributed by atoms with Crippen LogP contribution in [0.3, 0.4) is 0 Å². The fraction of sp³-hybridized carbons (Fsp3) is 0.250. The zero-order valence-electron chi connectivity index (χ0n) is 16.4. The van der Waals surface area contributed by atoms with E-state index >= 15 is 0 Å². The summed E-state index contributed by atoms with van der Waals surface area (Å²) in [6.07, 6.45) is -4.70. The third-order valence-electron chi connectivity index (χ3n) is 3.97. The number of halogens is 3. The van der Waals surface area contributed by atoms with Crippen molar-refractivity contribution in [3.63, 3.8) is 0 Å². The summed E-state index contributed by atoms with van der Waals surface area (Å²) in [5, 5.41) is 11.8. The Morgan fingerprint density at radius 2 is 1.77 bits per heavy atom. The molecular weight excluding hydrogens is 449 g/mol. The van der Waals surface area contributed by atoms with Gasteiger partial charge in [0.15, 0.2) is 5.16 Å². The Bertz CT molecular complexity index is 996. The predicted molar refractivity (Wildman–Crippen MR) is 115 cm³/mol. The van der Waals surface area contributed by atoms with E-state index in [-0.39, 0.29) is 17.4 Å². The van der Waals surface area contributed by atoms with Crippen LogP contribution in [-0.4, -0.2) is 32.8 Å². The van der Waals surface area contributed by atoms with E-state index in [9.17, 15) is 18.0 Å². The molecule has 1 N–H and O–H groups in total. The summed E-state index contributed by atoms with van der Waals surface area (Å²) in [5.74, 6) is 1.72. The number of anilines is 1. The molecule has 31 heavy (non-hydrogen) atoms. The molecule has 0 atom stereocenters. The average Bonchev–Trinajstić information content (AvgIpc) is 3.07. The highest BCUT2D eigenvalue weighted by Gasteiger charge is 2.30. The van der Waals surface area contributed by atoms with Gasteiger partial charge in [-0.2, -0.15) is 0 Å². The van der Waals surface area contributed by atoms with E-state index < -0.39 is 6.36 Å². The predicted octanol–water partition coefficient (Wildman–Crippen LogP) is 4.88. The van der Waals surface area contributed by atoms with Crippen molar-refractivity contribution in [3.05, 3.63) is 66.0 Å². The highest BCUT2D eigenvalue weighted by atomic mass is 32.2. The number of nitrogens with zero attached hydrogens (tertiary/aromatic N) is 3. The number of carbonyl (C=O) groups excluding carboxylic acids is 1. The second-order valence-electron chi connectivity index (χ2n) is 6.35. The van der Waals surface area contributed by atoms with Crippen LogP contribution in [0.15, 0.2) is 59.8 Å². The number of hydrogen-bond acceptors (Lipinski definition) is 6. The molecule has 0 radical (unpaired) electrons. The fourth-order valence-corrected chi connectivity index (χ4v) is 4.16. The number of ether oxygens (including phenoxy) is 1. The molecule has 11 heteroatoms. The van der Waals surface area contributed by atoms with Gasteiger partial charge in [-0.25, -0.2) is 0 Å². The van der Waals surface area contributed by atoms with Gasteiger partial charge in [-0.05, 0) is 29.8 Å². The van der Waals surface area contributed by atoms with Gasteiger partial charge in [0, 0.05) is 18.5 Å². The van der Waals surface area contributed by atoms with Crippen LogP contribution in [-0.2, 0) is 23.3 Å². The lowest BCUT2D eigenvalue weighted by atomic mass is 10.2. The summed E-state index contributed by atoms with van der Waals surface area (Å²) in [4.78, 5) is 12.0. The van der Waals surface area contributed by atoms with Gasteiger partial charge in [0.2, 0.25) is 5.91 Å². The van der Waals surface area contributed by atoms with Gasteiger partial charge in [0.1, 0.15) is 11.6 Å². The Morgan fingerprint density at radius 1 is 1.06 bits per heavy atom. The fourth-order valence-electron chi connectivity index (χ4n) is 2.49. The number of rotatable bonds is 9. The molecule has 3 aromatic rings. The molecule has 1 aromatic heterocycles. The van der Waals surface area contributed by atoms with Gasteiger partial charge in [-0.15, -0.1) is 35.1 Å². The Balaban J connectivity index is 1.45. The van der Waals surface area contributed by atoms with Crippen LogP contribution >= 0.6 is 23.5 Å². The van der Waals surface area contributed by atoms with Crippen molar-refractivity contribution in [2.75, 3.05) is 11.1 Å². The molecule has 164 valence electrons. The van der Waals surface area contributed by atoms with Crippen LogP contribution in [0.4, 0.5) is 18.9 Å². The molecule has 0 fully saturated rings. The van der Waals surface area contributed by atoms with Crippen molar-refractivity contribution in [2.24, 2.45) is 7.05 Å². The second-order valence-corrected chi connectivity index (χ2v) is 8.27. The van der Waals surface area contributed by atoms with Crippen molar-refractivity contribution in [1.29, 1.82) is 0 Å². The molecular formula is C20H19F3N4O2S2. The van der Waals surface area contributed by atoms with E-state index in [1.807, 2.05) is 41.9 Å². The van der Waals surface area contributed by atoms with E-state index in [4.69, 9.17) is 0 Å². The first-order valence-corrected chi connectivity index (χ1v) is 11.2. The van der Waals surface area contributed by atoms with Crippen molar-refractivity contribution >= 4 is 35.1 Å². The smallest absolute Gasteiger partial charge is 0.406 e. The average molecular weight is 469 g/mol. The maximum atomic E-state index is 12.2. The van der Waals surface area contributed by atoms with E-state index in [1.165, 1.54) is 35.7 Å². The van der Waals surface area contributed by atoms with Gasteiger partial charge >= 0.3 is 6.36 Å².